The predicted octanol–water partition coefficient (Wildman–Crippen LogP) is 5.97. The van der Waals surface area contributed by atoms with Crippen molar-refractivity contribution >= 4 is 35.0 Å². The summed E-state index contributed by atoms with van der Waals surface area (Å²) in [7, 11) is 2.82. The fourth-order valence-electron chi connectivity index (χ4n) is 4.70. The van der Waals surface area contributed by atoms with E-state index in [1.54, 1.807) is 12.1 Å². The highest BCUT2D eigenvalue weighted by molar-refractivity contribution is 6.46. The van der Waals surface area contributed by atoms with Crippen LogP contribution >= 0.6 is 11.6 Å². The van der Waals surface area contributed by atoms with E-state index >= 15 is 0 Å². The summed E-state index contributed by atoms with van der Waals surface area (Å²) in [5.74, 6) is -2.71. The van der Waals surface area contributed by atoms with Crippen LogP contribution in [-0.2, 0) is 21.5 Å². The molecule has 0 radical (unpaired) electrons. The van der Waals surface area contributed by atoms with Crippen molar-refractivity contribution in [2.45, 2.75) is 38.8 Å². The molecule has 0 bridgehead atoms. The summed E-state index contributed by atoms with van der Waals surface area (Å²) < 4.78 is 10.7. The molecule has 0 aromatic heterocycles. The first-order valence-electron chi connectivity index (χ1n) is 12.5. The molecular formula is C31H30ClNO7. The monoisotopic (exact) mass is 563 g/mol. The third-order valence-electron chi connectivity index (χ3n) is 6.92. The van der Waals surface area contributed by atoms with Gasteiger partial charge in [0, 0.05) is 12.6 Å². The van der Waals surface area contributed by atoms with Gasteiger partial charge in [0.2, 0.25) is 0 Å². The number of ether oxygens (including phenoxy) is 2. The summed E-state index contributed by atoms with van der Waals surface area (Å²) in [4.78, 5) is 39.6. The number of benzene rings is 3. The van der Waals surface area contributed by atoms with Gasteiger partial charge in [0.1, 0.15) is 17.3 Å². The molecule has 8 nitrogen and oxygen atoms in total. The van der Waals surface area contributed by atoms with Gasteiger partial charge < -0.3 is 24.6 Å². The number of carbonyl (C=O) groups is 3. The molecule has 3 aromatic rings. The van der Waals surface area contributed by atoms with Crippen LogP contribution in [0.25, 0.3) is 5.76 Å². The lowest BCUT2D eigenvalue weighted by molar-refractivity contribution is -0.140. The van der Waals surface area contributed by atoms with Gasteiger partial charge in [-0.3, -0.25) is 9.59 Å². The zero-order valence-corrected chi connectivity index (χ0v) is 23.6. The molecule has 1 saturated heterocycles. The van der Waals surface area contributed by atoms with Crippen LogP contribution in [-0.4, -0.2) is 47.0 Å². The fourth-order valence-corrected chi connectivity index (χ4v) is 4.93. The normalized spacial score (nSPS) is 16.8. The SMILES string of the molecule is COc1cc(/C(O)=C2\C(=O)C(=O)N(Cc3ccc(C(=O)O)cc3)C2c2ccc(C(C)(C)C)cc2)c(OC)cc1Cl. The summed E-state index contributed by atoms with van der Waals surface area (Å²) in [5.41, 5.74) is 2.30. The van der Waals surface area contributed by atoms with E-state index in [1.165, 1.54) is 43.4 Å². The Kier molecular flexibility index (Phi) is 7.93. The maximum absolute atomic E-state index is 13.5. The molecule has 3 aromatic carbocycles. The molecule has 1 aliphatic rings. The van der Waals surface area contributed by atoms with Crippen molar-refractivity contribution in [3.63, 3.8) is 0 Å². The van der Waals surface area contributed by atoms with Gasteiger partial charge in [-0.15, -0.1) is 0 Å². The number of carbonyl (C=O) groups excluding carboxylic acids is 2. The van der Waals surface area contributed by atoms with Crippen LogP contribution in [0.4, 0.5) is 0 Å². The third kappa shape index (κ3) is 5.40. The number of aliphatic hydroxyl groups excluding tert-OH is 1. The van der Waals surface area contributed by atoms with Crippen LogP contribution in [0.5, 0.6) is 11.5 Å². The van der Waals surface area contributed by atoms with E-state index in [2.05, 4.69) is 20.8 Å². The molecule has 2 N–H and O–H groups in total. The van der Waals surface area contributed by atoms with Crippen molar-refractivity contribution in [3.05, 3.63) is 99.1 Å². The Bertz CT molecular complexity index is 1500. The van der Waals surface area contributed by atoms with E-state index in [0.29, 0.717) is 11.1 Å². The van der Waals surface area contributed by atoms with Crippen molar-refractivity contribution in [1.29, 1.82) is 0 Å². The second-order valence-corrected chi connectivity index (χ2v) is 10.9. The number of likely N-dealkylation sites (tertiary alicyclic amines) is 1. The molecule has 0 saturated carbocycles. The Morgan fingerprint density at radius 2 is 1.52 bits per heavy atom. The lowest BCUT2D eigenvalue weighted by atomic mass is 9.85. The van der Waals surface area contributed by atoms with Crippen molar-refractivity contribution in [3.8, 4) is 11.5 Å². The minimum atomic E-state index is -1.07. The number of aliphatic hydroxyl groups is 1. The van der Waals surface area contributed by atoms with Crippen molar-refractivity contribution in [2.75, 3.05) is 14.2 Å². The minimum Gasteiger partial charge on any atom is -0.507 e. The molecule has 9 heteroatoms. The first-order chi connectivity index (χ1) is 18.9. The first-order valence-corrected chi connectivity index (χ1v) is 12.9. The number of carboxylic acid groups (broad SMARTS) is 1. The highest BCUT2D eigenvalue weighted by atomic mass is 35.5. The van der Waals surface area contributed by atoms with E-state index in [1.807, 2.05) is 24.3 Å². The number of halogens is 1. The number of Topliss-reactive ketones (excluding diaryl/α,β-unsaturated/α-hetero) is 1. The zero-order valence-electron chi connectivity index (χ0n) is 22.8. The van der Waals surface area contributed by atoms with Gasteiger partial charge in [-0.05, 0) is 40.3 Å². The number of methoxy groups -OCH3 is 2. The summed E-state index contributed by atoms with van der Waals surface area (Å²) >= 11 is 6.25. The fraction of sp³-hybridized carbons (Fsp3) is 0.258. The molecule has 1 atom stereocenters. The lowest BCUT2D eigenvalue weighted by Crippen LogP contribution is -2.29. The average Bonchev–Trinajstić information content (AvgIpc) is 3.17. The maximum atomic E-state index is 13.5. The molecular weight excluding hydrogens is 534 g/mol. The van der Waals surface area contributed by atoms with Gasteiger partial charge in [0.05, 0.1) is 42.0 Å². The van der Waals surface area contributed by atoms with Gasteiger partial charge in [-0.25, -0.2) is 4.79 Å². The van der Waals surface area contributed by atoms with Gasteiger partial charge >= 0.3 is 5.97 Å². The standard InChI is InChI=1S/C31H30ClNO7/c1-31(2,3)20-12-10-18(11-13-20)26-25(27(34)21-14-24(40-5)22(32)15-23(21)39-4)28(35)29(36)33(26)16-17-6-8-19(9-7-17)30(37)38/h6-15,26,34H,16H2,1-5H3,(H,37,38)/b27-25+. The molecule has 40 heavy (non-hydrogen) atoms. The van der Waals surface area contributed by atoms with E-state index in [9.17, 15) is 24.6 Å². The van der Waals surface area contributed by atoms with Crippen LogP contribution in [0.2, 0.25) is 5.02 Å². The number of rotatable bonds is 7. The van der Waals surface area contributed by atoms with Crippen molar-refractivity contribution in [1.82, 2.24) is 4.90 Å². The van der Waals surface area contributed by atoms with E-state index in [-0.39, 0.29) is 45.2 Å². The molecule has 208 valence electrons. The Labute approximate surface area is 237 Å². The number of hydrogen-bond donors (Lipinski definition) is 2. The smallest absolute Gasteiger partial charge is 0.335 e. The van der Waals surface area contributed by atoms with Gasteiger partial charge in [0.15, 0.2) is 0 Å². The highest BCUT2D eigenvalue weighted by Crippen LogP contribution is 2.44. The number of hydrogen-bond acceptors (Lipinski definition) is 6. The molecule has 1 amide bonds. The van der Waals surface area contributed by atoms with Crippen LogP contribution in [0.1, 0.15) is 59.4 Å². The van der Waals surface area contributed by atoms with Crippen LogP contribution in [0, 0.1) is 0 Å². The van der Waals surface area contributed by atoms with Crippen LogP contribution < -0.4 is 9.47 Å². The molecule has 1 unspecified atom stereocenters. The summed E-state index contributed by atoms with van der Waals surface area (Å²) in [5, 5.41) is 21.0. The zero-order chi connectivity index (χ0) is 29.4. The Morgan fingerprint density at radius 1 is 0.925 bits per heavy atom. The highest BCUT2D eigenvalue weighted by Gasteiger charge is 2.46. The van der Waals surface area contributed by atoms with E-state index < -0.39 is 29.5 Å². The Hall–Kier alpha value is -4.30. The Morgan fingerprint density at radius 3 is 2.05 bits per heavy atom. The quantitative estimate of drug-likeness (QED) is 0.207. The molecule has 1 aliphatic heterocycles. The number of carboxylic acids is 1. The number of aromatic carboxylic acids is 1. The summed E-state index contributed by atoms with van der Waals surface area (Å²) in [6.45, 7) is 6.24. The number of amides is 1. The minimum absolute atomic E-state index is 0.00795. The van der Waals surface area contributed by atoms with Crippen molar-refractivity contribution < 1.29 is 34.1 Å². The molecule has 0 spiro atoms. The molecule has 1 fully saturated rings. The lowest BCUT2D eigenvalue weighted by Gasteiger charge is -2.27. The second-order valence-electron chi connectivity index (χ2n) is 10.5. The molecule has 0 aliphatic carbocycles. The largest absolute Gasteiger partial charge is 0.507 e. The maximum Gasteiger partial charge on any atom is 0.335 e. The summed E-state index contributed by atoms with van der Waals surface area (Å²) in [6.07, 6.45) is 0. The van der Waals surface area contributed by atoms with Crippen LogP contribution in [0.3, 0.4) is 0 Å². The van der Waals surface area contributed by atoms with Gasteiger partial charge in [-0.1, -0.05) is 68.8 Å². The second kappa shape index (κ2) is 11.1. The predicted molar refractivity (Wildman–Crippen MR) is 151 cm³/mol. The van der Waals surface area contributed by atoms with Crippen molar-refractivity contribution in [2.24, 2.45) is 0 Å². The van der Waals surface area contributed by atoms with Crippen LogP contribution in [0.15, 0.2) is 66.2 Å². The third-order valence-corrected chi connectivity index (χ3v) is 7.21. The van der Waals surface area contributed by atoms with Gasteiger partial charge in [-0.2, -0.15) is 0 Å². The number of ketones is 1. The van der Waals surface area contributed by atoms with E-state index in [4.69, 9.17) is 21.1 Å². The molecule has 1 heterocycles. The van der Waals surface area contributed by atoms with Gasteiger partial charge in [0.25, 0.3) is 11.7 Å². The topological polar surface area (TPSA) is 113 Å². The number of nitrogens with zero attached hydrogens (tertiary/aromatic N) is 1. The summed E-state index contributed by atoms with van der Waals surface area (Å²) in [6, 6.07) is 15.6. The van der Waals surface area contributed by atoms with E-state index in [0.717, 1.165) is 5.56 Å². The Balaban J connectivity index is 1.90. The molecule has 4 rings (SSSR count). The first kappa shape index (κ1) is 28.7. The average molecular weight is 564 g/mol.